The van der Waals surface area contributed by atoms with Crippen molar-refractivity contribution in [2.75, 3.05) is 0 Å². The van der Waals surface area contributed by atoms with Gasteiger partial charge in [-0.15, -0.1) is 0 Å². The molecule has 2 rings (SSSR count). The van der Waals surface area contributed by atoms with Crippen LogP contribution in [0.4, 0.5) is 0 Å². The second-order valence-electron chi connectivity index (χ2n) is 4.17. The summed E-state index contributed by atoms with van der Waals surface area (Å²) in [6.45, 7) is 2.44. The molecule has 0 amide bonds. The summed E-state index contributed by atoms with van der Waals surface area (Å²) in [5, 5.41) is 0. The molecule has 0 fully saturated rings. The van der Waals surface area contributed by atoms with Gasteiger partial charge in [-0.25, -0.2) is 0 Å². The van der Waals surface area contributed by atoms with Crippen LogP contribution in [-0.2, 0) is 0 Å². The molecular formula is C11H16. The van der Waals surface area contributed by atoms with E-state index in [1.54, 1.807) is 0 Å². The van der Waals surface area contributed by atoms with Crippen molar-refractivity contribution in [1.29, 1.82) is 0 Å². The third-order valence-electron chi connectivity index (χ3n) is 3.33. The van der Waals surface area contributed by atoms with Crippen molar-refractivity contribution < 1.29 is 0 Å². The van der Waals surface area contributed by atoms with Gasteiger partial charge in [0.15, 0.2) is 0 Å². The molecule has 2 aliphatic rings. The zero-order chi connectivity index (χ0) is 7.73. The Morgan fingerprint density at radius 1 is 1.00 bits per heavy atom. The van der Waals surface area contributed by atoms with Crippen LogP contribution >= 0.6 is 0 Å². The standard InChI is InChI=1S/C11H16/c1-11-8-4-2-6-10(11)7-3-5-9-11/h2-5,10H,6-9H2,1H3. The average molecular weight is 148 g/mol. The van der Waals surface area contributed by atoms with Crippen LogP contribution in [0.15, 0.2) is 24.3 Å². The first-order chi connectivity index (χ1) is 5.31. The van der Waals surface area contributed by atoms with E-state index in [4.69, 9.17) is 0 Å². The van der Waals surface area contributed by atoms with Crippen LogP contribution < -0.4 is 0 Å². The highest BCUT2D eigenvalue weighted by Gasteiger charge is 2.34. The van der Waals surface area contributed by atoms with E-state index in [1.165, 1.54) is 25.7 Å². The lowest BCUT2D eigenvalue weighted by atomic mass is 9.65. The van der Waals surface area contributed by atoms with Gasteiger partial charge in [0, 0.05) is 0 Å². The zero-order valence-electron chi connectivity index (χ0n) is 7.22. The first-order valence-corrected chi connectivity index (χ1v) is 4.61. The van der Waals surface area contributed by atoms with Crippen molar-refractivity contribution >= 4 is 0 Å². The Hall–Kier alpha value is -0.520. The van der Waals surface area contributed by atoms with Crippen molar-refractivity contribution in [1.82, 2.24) is 0 Å². The summed E-state index contributed by atoms with van der Waals surface area (Å²) in [6, 6.07) is 0. The van der Waals surface area contributed by atoms with E-state index in [0.29, 0.717) is 5.41 Å². The van der Waals surface area contributed by atoms with Crippen LogP contribution in [0.2, 0.25) is 0 Å². The van der Waals surface area contributed by atoms with E-state index >= 15 is 0 Å². The number of hydrogen-bond acceptors (Lipinski definition) is 0. The molecule has 60 valence electrons. The largest absolute Gasteiger partial charge is 0.0882 e. The van der Waals surface area contributed by atoms with E-state index < -0.39 is 0 Å². The van der Waals surface area contributed by atoms with Gasteiger partial charge >= 0.3 is 0 Å². The molecule has 11 heavy (non-hydrogen) atoms. The van der Waals surface area contributed by atoms with E-state index in [9.17, 15) is 0 Å². The fraction of sp³-hybridized carbons (Fsp3) is 0.636. The molecular weight excluding hydrogens is 132 g/mol. The molecule has 0 heteroatoms. The molecule has 0 N–H and O–H groups in total. The van der Waals surface area contributed by atoms with Gasteiger partial charge < -0.3 is 0 Å². The second-order valence-corrected chi connectivity index (χ2v) is 4.17. The SMILES string of the molecule is CC12CC=CCC1CC=CC2. The summed E-state index contributed by atoms with van der Waals surface area (Å²) in [6.07, 6.45) is 14.6. The first kappa shape index (κ1) is 7.15. The van der Waals surface area contributed by atoms with Gasteiger partial charge in [-0.05, 0) is 37.0 Å². The van der Waals surface area contributed by atoms with Crippen LogP contribution in [0, 0.1) is 11.3 Å². The highest BCUT2D eigenvalue weighted by Crippen LogP contribution is 2.45. The maximum absolute atomic E-state index is 2.44. The monoisotopic (exact) mass is 148 g/mol. The van der Waals surface area contributed by atoms with Crippen LogP contribution in [0.1, 0.15) is 32.6 Å². The number of hydrogen-bond donors (Lipinski definition) is 0. The molecule has 0 aromatic rings. The predicted octanol–water partition coefficient (Wildman–Crippen LogP) is 3.31. The molecule has 0 aliphatic heterocycles. The van der Waals surface area contributed by atoms with Gasteiger partial charge in [-0.3, -0.25) is 0 Å². The van der Waals surface area contributed by atoms with Gasteiger partial charge in [0.1, 0.15) is 0 Å². The Bertz CT molecular complexity index is 180. The Balaban J connectivity index is 2.22. The molecule has 0 saturated carbocycles. The Morgan fingerprint density at radius 2 is 1.55 bits per heavy atom. The Labute approximate surface area is 69.0 Å². The summed E-state index contributed by atoms with van der Waals surface area (Å²) in [5.41, 5.74) is 0.601. The van der Waals surface area contributed by atoms with Crippen LogP contribution in [0.25, 0.3) is 0 Å². The molecule has 0 bridgehead atoms. The summed E-state index contributed by atoms with van der Waals surface area (Å²) in [7, 11) is 0. The Kier molecular flexibility index (Phi) is 1.63. The van der Waals surface area contributed by atoms with Crippen LogP contribution in [0.3, 0.4) is 0 Å². The summed E-state index contributed by atoms with van der Waals surface area (Å²) < 4.78 is 0. The topological polar surface area (TPSA) is 0 Å². The average Bonchev–Trinajstić information content (AvgIpc) is 2.03. The second kappa shape index (κ2) is 2.51. The van der Waals surface area contributed by atoms with Gasteiger partial charge in [0.25, 0.3) is 0 Å². The third kappa shape index (κ3) is 1.15. The van der Waals surface area contributed by atoms with Gasteiger partial charge in [0.2, 0.25) is 0 Å². The van der Waals surface area contributed by atoms with E-state index in [2.05, 4.69) is 31.2 Å². The maximum atomic E-state index is 2.44. The fourth-order valence-corrected chi connectivity index (χ4v) is 2.31. The van der Waals surface area contributed by atoms with E-state index in [0.717, 1.165) is 5.92 Å². The molecule has 0 atom stereocenters. The van der Waals surface area contributed by atoms with Gasteiger partial charge in [-0.1, -0.05) is 31.2 Å². The number of allylic oxidation sites excluding steroid dienone is 4. The zero-order valence-corrected chi connectivity index (χ0v) is 7.22. The third-order valence-corrected chi connectivity index (χ3v) is 3.33. The molecule has 0 heterocycles. The highest BCUT2D eigenvalue weighted by atomic mass is 14.4. The molecule has 0 aromatic carbocycles. The number of rotatable bonds is 0. The minimum atomic E-state index is 0.601. The maximum Gasteiger partial charge on any atom is -0.0223 e. The lowest BCUT2D eigenvalue weighted by molar-refractivity contribution is 0.173. The normalized spacial score (nSPS) is 42.1. The highest BCUT2D eigenvalue weighted by molar-refractivity contribution is 5.08. The van der Waals surface area contributed by atoms with Crippen LogP contribution in [0.5, 0.6) is 0 Å². The smallest absolute Gasteiger partial charge is 0.0223 e. The quantitative estimate of drug-likeness (QED) is 0.462. The van der Waals surface area contributed by atoms with Crippen molar-refractivity contribution in [2.45, 2.75) is 32.6 Å². The summed E-state index contributed by atoms with van der Waals surface area (Å²) in [4.78, 5) is 0. The minimum absolute atomic E-state index is 0.601. The van der Waals surface area contributed by atoms with Crippen LogP contribution in [-0.4, -0.2) is 0 Å². The molecule has 0 nitrogen and oxygen atoms in total. The molecule has 0 radical (unpaired) electrons. The van der Waals surface area contributed by atoms with Gasteiger partial charge in [0.05, 0.1) is 0 Å². The molecule has 2 aliphatic carbocycles. The van der Waals surface area contributed by atoms with E-state index in [-0.39, 0.29) is 0 Å². The molecule has 0 spiro atoms. The molecule has 0 unspecified atom stereocenters. The first-order valence-electron chi connectivity index (χ1n) is 4.61. The molecule has 0 saturated heterocycles. The summed E-state index contributed by atoms with van der Waals surface area (Å²) >= 11 is 0. The van der Waals surface area contributed by atoms with Crippen molar-refractivity contribution in [2.24, 2.45) is 11.3 Å². The molecule has 0 aromatic heterocycles. The Morgan fingerprint density at radius 3 is 2.00 bits per heavy atom. The fourth-order valence-electron chi connectivity index (χ4n) is 2.31. The van der Waals surface area contributed by atoms with E-state index in [1.807, 2.05) is 0 Å². The van der Waals surface area contributed by atoms with Gasteiger partial charge in [-0.2, -0.15) is 0 Å². The minimum Gasteiger partial charge on any atom is -0.0882 e. The lowest BCUT2D eigenvalue weighted by Crippen LogP contribution is -2.29. The summed E-state index contributed by atoms with van der Waals surface area (Å²) in [5.74, 6) is 0.928. The predicted molar refractivity (Wildman–Crippen MR) is 48.3 cm³/mol. The lowest BCUT2D eigenvalue weighted by Gasteiger charge is -2.40. The van der Waals surface area contributed by atoms with Crippen molar-refractivity contribution in [3.8, 4) is 0 Å². The van der Waals surface area contributed by atoms with Crippen molar-refractivity contribution in [3.05, 3.63) is 24.3 Å². The number of fused-ring (bicyclic) bond motifs is 1. The van der Waals surface area contributed by atoms with Crippen molar-refractivity contribution in [3.63, 3.8) is 0 Å².